The maximum atomic E-state index is 8.92. The van der Waals surface area contributed by atoms with Gasteiger partial charge in [0, 0.05) is 6.92 Å². The molecule has 0 bridgehead atoms. The summed E-state index contributed by atoms with van der Waals surface area (Å²) in [5.74, 6) is 0.935. The van der Waals surface area contributed by atoms with Crippen molar-refractivity contribution in [3.05, 3.63) is 0 Å². The van der Waals surface area contributed by atoms with Crippen LogP contribution >= 0.6 is 0 Å². The van der Waals surface area contributed by atoms with E-state index in [1.54, 1.807) is 0 Å². The molecule has 0 aliphatic carbocycles. The van der Waals surface area contributed by atoms with Crippen LogP contribution in [0.1, 0.15) is 6.92 Å². The molecule has 0 aromatic heterocycles. The van der Waals surface area contributed by atoms with E-state index in [1.807, 2.05) is 18.5 Å². The molecule has 3 heteroatoms. The Labute approximate surface area is 48.8 Å². The van der Waals surface area contributed by atoms with Crippen LogP contribution < -0.4 is 0 Å². The lowest BCUT2D eigenvalue weighted by molar-refractivity contribution is -0.487. The van der Waals surface area contributed by atoms with Crippen LogP contribution in [-0.4, -0.2) is 40.8 Å². The van der Waals surface area contributed by atoms with Crippen molar-refractivity contribution in [1.29, 1.82) is 0 Å². The van der Waals surface area contributed by atoms with Crippen molar-refractivity contribution in [1.82, 2.24) is 5.06 Å². The molecule has 1 N–H and O–H groups in total. The van der Waals surface area contributed by atoms with Crippen LogP contribution in [0.4, 0.5) is 0 Å². The van der Waals surface area contributed by atoms with Gasteiger partial charge in [-0.2, -0.15) is 0 Å². The third-order valence-corrected chi connectivity index (χ3v) is 1.57. The van der Waals surface area contributed by atoms with Gasteiger partial charge in [-0.15, -0.1) is 5.06 Å². The minimum atomic E-state index is 0.738. The quantitative estimate of drug-likeness (QED) is 0.441. The van der Waals surface area contributed by atoms with E-state index in [-0.39, 0.29) is 0 Å². The van der Waals surface area contributed by atoms with Crippen LogP contribution in [0.3, 0.4) is 0 Å². The Bertz CT molecular complexity index is 130. The van der Waals surface area contributed by atoms with Crippen molar-refractivity contribution < 1.29 is 9.78 Å². The van der Waals surface area contributed by atoms with Crippen molar-refractivity contribution in [3.8, 4) is 0 Å². The molecule has 1 aliphatic rings. The first kappa shape index (κ1) is 5.56. The highest BCUT2D eigenvalue weighted by molar-refractivity contribution is 5.74. The molecule has 0 amide bonds. The normalized spacial score (nSPS) is 20.6. The van der Waals surface area contributed by atoms with Gasteiger partial charge in [0.15, 0.2) is 6.54 Å². The van der Waals surface area contributed by atoms with Gasteiger partial charge in [-0.05, 0) is 0 Å². The minimum absolute atomic E-state index is 0.738. The lowest BCUT2D eigenvalue weighted by atomic mass is 10.6. The van der Waals surface area contributed by atoms with Crippen LogP contribution in [0.5, 0.6) is 0 Å². The van der Waals surface area contributed by atoms with E-state index in [0.29, 0.717) is 0 Å². The smallest absolute Gasteiger partial charge is 0.262 e. The molecule has 0 saturated carbocycles. The highest BCUT2D eigenvalue weighted by Gasteiger charge is 2.21. The zero-order chi connectivity index (χ0) is 6.15. The van der Waals surface area contributed by atoms with Gasteiger partial charge in [0.1, 0.15) is 6.54 Å². The van der Waals surface area contributed by atoms with E-state index in [9.17, 15) is 0 Å². The van der Waals surface area contributed by atoms with Gasteiger partial charge in [-0.25, -0.2) is 5.21 Å². The number of hydrogen-bond donors (Lipinski definition) is 1. The average Bonchev–Trinajstić information content (AvgIpc) is 1.98. The van der Waals surface area contributed by atoms with Crippen LogP contribution in [-0.2, 0) is 0 Å². The number of rotatable bonds is 0. The van der Waals surface area contributed by atoms with Gasteiger partial charge in [0.05, 0.1) is 7.05 Å². The second kappa shape index (κ2) is 1.74. The molecule has 0 aromatic carbocycles. The lowest BCUT2D eigenvalue weighted by Gasteiger charge is -1.94. The predicted octanol–water partition coefficient (Wildman–Crippen LogP) is -0.248. The number of hydrogen-bond acceptors (Lipinski definition) is 2. The van der Waals surface area contributed by atoms with Crippen LogP contribution in [0.25, 0.3) is 0 Å². The molecule has 0 radical (unpaired) electrons. The van der Waals surface area contributed by atoms with Gasteiger partial charge in [0.2, 0.25) is 0 Å². The summed E-state index contributed by atoms with van der Waals surface area (Å²) in [6, 6.07) is 0. The first-order valence-electron chi connectivity index (χ1n) is 2.73. The van der Waals surface area contributed by atoms with Gasteiger partial charge < -0.3 is 0 Å². The van der Waals surface area contributed by atoms with E-state index >= 15 is 0 Å². The lowest BCUT2D eigenvalue weighted by Crippen LogP contribution is -2.21. The molecule has 0 spiro atoms. The van der Waals surface area contributed by atoms with Crippen molar-refractivity contribution >= 4 is 5.84 Å². The Morgan fingerprint density at radius 3 is 2.50 bits per heavy atom. The summed E-state index contributed by atoms with van der Waals surface area (Å²) < 4.78 is 2.01. The Balaban J connectivity index is 2.71. The topological polar surface area (TPSA) is 26.5 Å². The van der Waals surface area contributed by atoms with E-state index in [4.69, 9.17) is 5.21 Å². The average molecular weight is 115 g/mol. The highest BCUT2D eigenvalue weighted by atomic mass is 16.5. The molecule has 0 atom stereocenters. The first-order valence-corrected chi connectivity index (χ1v) is 2.73. The van der Waals surface area contributed by atoms with Crippen LogP contribution in [0.15, 0.2) is 0 Å². The van der Waals surface area contributed by atoms with E-state index in [2.05, 4.69) is 0 Å². The second-order valence-corrected chi connectivity index (χ2v) is 2.09. The zero-order valence-corrected chi connectivity index (χ0v) is 5.26. The SMILES string of the molecule is CC1=[N+](C)CCN1O. The third kappa shape index (κ3) is 0.690. The Morgan fingerprint density at radius 2 is 2.38 bits per heavy atom. The van der Waals surface area contributed by atoms with Gasteiger partial charge in [-0.1, -0.05) is 0 Å². The van der Waals surface area contributed by atoms with Gasteiger partial charge in [0.25, 0.3) is 5.84 Å². The summed E-state index contributed by atoms with van der Waals surface area (Å²) in [4.78, 5) is 0. The van der Waals surface area contributed by atoms with Crippen molar-refractivity contribution in [2.24, 2.45) is 0 Å². The first-order chi connectivity index (χ1) is 3.72. The summed E-state index contributed by atoms with van der Waals surface area (Å²) in [6.07, 6.45) is 0. The maximum absolute atomic E-state index is 8.92. The minimum Gasteiger partial charge on any atom is -0.262 e. The number of hydroxylamine groups is 2. The Morgan fingerprint density at radius 1 is 1.75 bits per heavy atom. The fourth-order valence-corrected chi connectivity index (χ4v) is 0.765. The van der Waals surface area contributed by atoms with E-state index in [1.165, 1.54) is 5.06 Å². The standard InChI is InChI=1S/C5H11N2O/c1-5-6(2)3-4-7(5)8/h8H,3-4H2,1-2H3/q+1. The molecule has 0 unspecified atom stereocenters. The summed E-state index contributed by atoms with van der Waals surface area (Å²) in [7, 11) is 1.96. The second-order valence-electron chi connectivity index (χ2n) is 2.09. The molecular weight excluding hydrogens is 104 g/mol. The number of nitrogens with zero attached hydrogens (tertiary/aromatic N) is 2. The molecule has 46 valence electrons. The molecule has 1 aliphatic heterocycles. The summed E-state index contributed by atoms with van der Waals surface area (Å²) in [6.45, 7) is 3.57. The molecule has 0 saturated heterocycles. The van der Waals surface area contributed by atoms with E-state index in [0.717, 1.165) is 18.9 Å². The fourth-order valence-electron chi connectivity index (χ4n) is 0.765. The zero-order valence-electron chi connectivity index (χ0n) is 5.26. The van der Waals surface area contributed by atoms with Gasteiger partial charge >= 0.3 is 0 Å². The number of likely N-dealkylation sites (N-methyl/N-ethyl adjacent to an activating group) is 1. The Kier molecular flexibility index (Phi) is 1.21. The summed E-state index contributed by atoms with van der Waals surface area (Å²) >= 11 is 0. The Hall–Kier alpha value is -0.570. The van der Waals surface area contributed by atoms with Crippen molar-refractivity contribution in [2.45, 2.75) is 6.92 Å². The molecule has 1 heterocycles. The predicted molar refractivity (Wildman–Crippen MR) is 30.2 cm³/mol. The van der Waals surface area contributed by atoms with Crippen molar-refractivity contribution in [3.63, 3.8) is 0 Å². The van der Waals surface area contributed by atoms with Gasteiger partial charge in [-0.3, -0.25) is 4.58 Å². The van der Waals surface area contributed by atoms with E-state index < -0.39 is 0 Å². The summed E-state index contributed by atoms with van der Waals surface area (Å²) in [5.41, 5.74) is 0. The largest absolute Gasteiger partial charge is 0.273 e. The van der Waals surface area contributed by atoms with Crippen LogP contribution in [0, 0.1) is 0 Å². The molecule has 3 nitrogen and oxygen atoms in total. The molecule has 0 fully saturated rings. The fraction of sp³-hybridized carbons (Fsp3) is 0.800. The molecule has 0 aromatic rings. The third-order valence-electron chi connectivity index (χ3n) is 1.57. The summed E-state index contributed by atoms with van der Waals surface area (Å²) in [5, 5.41) is 10.2. The molecular formula is C5H11N2O+. The monoisotopic (exact) mass is 115 g/mol. The molecule has 8 heavy (non-hydrogen) atoms. The molecule has 1 rings (SSSR count). The number of amidine groups is 1. The van der Waals surface area contributed by atoms with Crippen molar-refractivity contribution in [2.75, 3.05) is 20.1 Å². The maximum Gasteiger partial charge on any atom is 0.273 e. The van der Waals surface area contributed by atoms with Crippen LogP contribution in [0.2, 0.25) is 0 Å². The highest BCUT2D eigenvalue weighted by Crippen LogP contribution is 1.93.